The molecule has 0 aromatic carbocycles. The van der Waals surface area contributed by atoms with Gasteiger partial charge >= 0.3 is 6.01 Å². The van der Waals surface area contributed by atoms with E-state index in [2.05, 4.69) is 27.8 Å². The lowest BCUT2D eigenvalue weighted by molar-refractivity contribution is 0.0989. The number of hydrogen-bond acceptors (Lipinski definition) is 6. The minimum atomic E-state index is 0.199. The van der Waals surface area contributed by atoms with E-state index < -0.39 is 0 Å². The van der Waals surface area contributed by atoms with Crippen LogP contribution in [0.25, 0.3) is 0 Å². The molecule has 2 unspecified atom stereocenters. The van der Waals surface area contributed by atoms with Gasteiger partial charge in [0.15, 0.2) is 0 Å². The van der Waals surface area contributed by atoms with Gasteiger partial charge in [-0.3, -0.25) is 0 Å². The molecule has 6 nitrogen and oxygen atoms in total. The van der Waals surface area contributed by atoms with E-state index in [0.29, 0.717) is 18.5 Å². The number of aromatic nitrogens is 2. The molecule has 1 aliphatic rings. The summed E-state index contributed by atoms with van der Waals surface area (Å²) in [5.74, 6) is 0.605. The monoisotopic (exact) mass is 240 g/mol. The molecule has 6 heteroatoms. The lowest BCUT2D eigenvalue weighted by atomic mass is 10.1. The summed E-state index contributed by atoms with van der Waals surface area (Å²) in [6.45, 7) is 6.46. The topological polar surface area (TPSA) is 72.2 Å². The summed E-state index contributed by atoms with van der Waals surface area (Å²) in [6, 6.07) is 0.672. The quantitative estimate of drug-likeness (QED) is 0.777. The van der Waals surface area contributed by atoms with E-state index in [4.69, 9.17) is 9.15 Å². The van der Waals surface area contributed by atoms with Crippen molar-refractivity contribution in [2.45, 2.75) is 45.4 Å². The van der Waals surface area contributed by atoms with Gasteiger partial charge in [-0.25, -0.2) is 0 Å². The SMILES string of the molecule is CCNCc1nnc(NC(C)C2CCCO2)o1. The van der Waals surface area contributed by atoms with Crippen molar-refractivity contribution in [3.63, 3.8) is 0 Å². The Labute approximate surface area is 101 Å². The van der Waals surface area contributed by atoms with Crippen molar-refractivity contribution < 1.29 is 9.15 Å². The van der Waals surface area contributed by atoms with Crippen LogP contribution < -0.4 is 10.6 Å². The Hall–Kier alpha value is -1.14. The van der Waals surface area contributed by atoms with Gasteiger partial charge in [0.2, 0.25) is 5.89 Å². The first kappa shape index (κ1) is 12.3. The molecule has 2 rings (SSSR count). The smallest absolute Gasteiger partial charge is 0.315 e. The van der Waals surface area contributed by atoms with E-state index >= 15 is 0 Å². The number of nitrogens with one attached hydrogen (secondary N) is 2. The van der Waals surface area contributed by atoms with Crippen LogP contribution in [-0.2, 0) is 11.3 Å². The Bertz CT molecular complexity index is 336. The minimum absolute atomic E-state index is 0.199. The van der Waals surface area contributed by atoms with Crippen LogP contribution >= 0.6 is 0 Å². The van der Waals surface area contributed by atoms with E-state index in [1.54, 1.807) is 0 Å². The van der Waals surface area contributed by atoms with Crippen molar-refractivity contribution >= 4 is 6.01 Å². The van der Waals surface area contributed by atoms with E-state index in [0.717, 1.165) is 26.0 Å². The third-order valence-electron chi connectivity index (χ3n) is 2.87. The molecule has 96 valence electrons. The Morgan fingerprint density at radius 1 is 1.47 bits per heavy atom. The molecule has 2 heterocycles. The van der Waals surface area contributed by atoms with Crippen molar-refractivity contribution in [1.29, 1.82) is 0 Å². The van der Waals surface area contributed by atoms with Crippen LogP contribution in [0.1, 0.15) is 32.6 Å². The number of ether oxygens (including phenoxy) is 1. The molecule has 1 saturated heterocycles. The van der Waals surface area contributed by atoms with Crippen molar-refractivity contribution in [1.82, 2.24) is 15.5 Å². The van der Waals surface area contributed by atoms with Crippen LogP contribution in [0.15, 0.2) is 4.42 Å². The lowest BCUT2D eigenvalue weighted by Crippen LogP contribution is -2.30. The normalized spacial score (nSPS) is 21.6. The zero-order valence-electron chi connectivity index (χ0n) is 10.4. The molecular formula is C11H20N4O2. The second-order valence-electron chi connectivity index (χ2n) is 4.27. The third-order valence-corrected chi connectivity index (χ3v) is 2.87. The largest absolute Gasteiger partial charge is 0.407 e. The molecule has 0 spiro atoms. The average molecular weight is 240 g/mol. The average Bonchev–Trinajstić information content (AvgIpc) is 2.97. The van der Waals surface area contributed by atoms with Crippen LogP contribution in [0, 0.1) is 0 Å². The fraction of sp³-hybridized carbons (Fsp3) is 0.818. The predicted octanol–water partition coefficient (Wildman–Crippen LogP) is 1.16. The van der Waals surface area contributed by atoms with Crippen LogP contribution in [-0.4, -0.2) is 35.5 Å². The summed E-state index contributed by atoms with van der Waals surface area (Å²) in [5, 5.41) is 14.2. The Balaban J connectivity index is 1.83. The molecule has 2 N–H and O–H groups in total. The van der Waals surface area contributed by atoms with Gasteiger partial charge in [0.25, 0.3) is 0 Å². The molecule has 0 aliphatic carbocycles. The van der Waals surface area contributed by atoms with Crippen molar-refractivity contribution in [2.24, 2.45) is 0 Å². The van der Waals surface area contributed by atoms with Gasteiger partial charge in [-0.2, -0.15) is 0 Å². The van der Waals surface area contributed by atoms with Crippen molar-refractivity contribution in [3.8, 4) is 0 Å². The molecule has 0 amide bonds. The number of anilines is 1. The highest BCUT2D eigenvalue weighted by Crippen LogP contribution is 2.18. The van der Waals surface area contributed by atoms with Crippen LogP contribution in [0.2, 0.25) is 0 Å². The molecule has 1 aliphatic heterocycles. The van der Waals surface area contributed by atoms with Gasteiger partial charge < -0.3 is 19.8 Å². The van der Waals surface area contributed by atoms with Gasteiger partial charge in [-0.1, -0.05) is 12.0 Å². The van der Waals surface area contributed by atoms with Gasteiger partial charge in [0.05, 0.1) is 18.7 Å². The molecule has 1 fully saturated rings. The first-order chi connectivity index (χ1) is 8.29. The first-order valence-corrected chi connectivity index (χ1v) is 6.21. The van der Waals surface area contributed by atoms with E-state index in [-0.39, 0.29) is 12.1 Å². The maximum absolute atomic E-state index is 5.59. The molecule has 17 heavy (non-hydrogen) atoms. The summed E-state index contributed by atoms with van der Waals surface area (Å²) in [6.07, 6.45) is 2.47. The molecule has 1 aromatic heterocycles. The fourth-order valence-electron chi connectivity index (χ4n) is 1.90. The minimum Gasteiger partial charge on any atom is -0.407 e. The fourth-order valence-corrected chi connectivity index (χ4v) is 1.90. The molecular weight excluding hydrogens is 220 g/mol. The maximum atomic E-state index is 5.59. The summed E-state index contributed by atoms with van der Waals surface area (Å²) in [4.78, 5) is 0. The van der Waals surface area contributed by atoms with E-state index in [9.17, 15) is 0 Å². The first-order valence-electron chi connectivity index (χ1n) is 6.21. The van der Waals surface area contributed by atoms with Gasteiger partial charge in [-0.15, -0.1) is 5.10 Å². The molecule has 0 saturated carbocycles. The molecule has 1 aromatic rings. The summed E-state index contributed by atoms with van der Waals surface area (Å²) in [5.41, 5.74) is 0. The lowest BCUT2D eigenvalue weighted by Gasteiger charge is -2.18. The standard InChI is InChI=1S/C11H20N4O2/c1-3-12-7-10-14-15-11(17-10)13-8(2)9-5-4-6-16-9/h8-9,12H,3-7H2,1-2H3,(H,13,15). The summed E-state index contributed by atoms with van der Waals surface area (Å²) in [7, 11) is 0. The Morgan fingerprint density at radius 2 is 2.35 bits per heavy atom. The number of rotatable bonds is 6. The third kappa shape index (κ3) is 3.41. The number of hydrogen-bond donors (Lipinski definition) is 2. The highest BCUT2D eigenvalue weighted by Gasteiger charge is 2.23. The van der Waals surface area contributed by atoms with Crippen molar-refractivity contribution in [2.75, 3.05) is 18.5 Å². The predicted molar refractivity (Wildman–Crippen MR) is 63.7 cm³/mol. The molecule has 2 atom stereocenters. The second-order valence-corrected chi connectivity index (χ2v) is 4.27. The zero-order chi connectivity index (χ0) is 12.1. The van der Waals surface area contributed by atoms with E-state index in [1.165, 1.54) is 0 Å². The number of nitrogens with zero attached hydrogens (tertiary/aromatic N) is 2. The van der Waals surface area contributed by atoms with Gasteiger partial charge in [0, 0.05) is 6.61 Å². The summed E-state index contributed by atoms with van der Waals surface area (Å²) < 4.78 is 11.1. The Morgan fingerprint density at radius 3 is 3.06 bits per heavy atom. The summed E-state index contributed by atoms with van der Waals surface area (Å²) >= 11 is 0. The van der Waals surface area contributed by atoms with Gasteiger partial charge in [-0.05, 0) is 26.3 Å². The van der Waals surface area contributed by atoms with Gasteiger partial charge in [0.1, 0.15) is 0 Å². The highest BCUT2D eigenvalue weighted by molar-refractivity contribution is 5.19. The van der Waals surface area contributed by atoms with Crippen LogP contribution in [0.4, 0.5) is 6.01 Å². The highest BCUT2D eigenvalue weighted by atomic mass is 16.5. The molecule has 0 bridgehead atoms. The second kappa shape index (κ2) is 5.97. The van der Waals surface area contributed by atoms with Crippen molar-refractivity contribution in [3.05, 3.63) is 5.89 Å². The van der Waals surface area contributed by atoms with Crippen LogP contribution in [0.5, 0.6) is 0 Å². The van der Waals surface area contributed by atoms with E-state index in [1.807, 2.05) is 6.92 Å². The van der Waals surface area contributed by atoms with Crippen LogP contribution in [0.3, 0.4) is 0 Å². The Kier molecular flexibility index (Phi) is 4.33. The molecule has 0 radical (unpaired) electrons. The zero-order valence-corrected chi connectivity index (χ0v) is 10.4. The maximum Gasteiger partial charge on any atom is 0.315 e.